The highest BCUT2D eigenvalue weighted by atomic mass is 32.2. The van der Waals surface area contributed by atoms with Crippen LogP contribution in [0.5, 0.6) is 5.75 Å². The van der Waals surface area contributed by atoms with E-state index in [2.05, 4.69) is 21.4 Å². The minimum Gasteiger partial charge on any atom is -0.491 e. The smallest absolute Gasteiger partial charge is 0.123 e. The van der Waals surface area contributed by atoms with Gasteiger partial charge < -0.3 is 15.2 Å². The van der Waals surface area contributed by atoms with Crippen molar-refractivity contribution in [3.8, 4) is 5.75 Å². The molecule has 1 aromatic carbocycles. The largest absolute Gasteiger partial charge is 0.491 e. The number of aliphatic hydroxyl groups is 1. The van der Waals surface area contributed by atoms with Crippen molar-refractivity contribution in [3.63, 3.8) is 0 Å². The highest BCUT2D eigenvalue weighted by molar-refractivity contribution is 7.99. The van der Waals surface area contributed by atoms with Gasteiger partial charge in [0, 0.05) is 68.6 Å². The van der Waals surface area contributed by atoms with E-state index in [4.69, 9.17) is 4.74 Å². The summed E-state index contributed by atoms with van der Waals surface area (Å²) in [6, 6.07) is 8.00. The fraction of sp³-hybridized carbons (Fsp3) is 0.526. The maximum absolute atomic E-state index is 10.3. The van der Waals surface area contributed by atoms with Gasteiger partial charge in [-0.05, 0) is 6.07 Å². The number of β-amino-alcohol motifs (C(OH)–C–C–N with tert-alkyl or cyclic N) is 1. The van der Waals surface area contributed by atoms with Crippen LogP contribution in [-0.2, 0) is 20.1 Å². The zero-order valence-electron chi connectivity index (χ0n) is 15.3. The van der Waals surface area contributed by atoms with Gasteiger partial charge in [-0.3, -0.25) is 9.58 Å². The third-order valence-electron chi connectivity index (χ3n) is 4.38. The summed E-state index contributed by atoms with van der Waals surface area (Å²) in [5.41, 5.74) is 2.25. The maximum atomic E-state index is 10.3. The zero-order valence-corrected chi connectivity index (χ0v) is 16.1. The van der Waals surface area contributed by atoms with E-state index in [1.807, 2.05) is 49.4 Å². The van der Waals surface area contributed by atoms with E-state index >= 15 is 0 Å². The molecule has 7 heteroatoms. The number of nitrogens with zero attached hydrogens (tertiary/aromatic N) is 3. The van der Waals surface area contributed by atoms with E-state index in [0.717, 1.165) is 48.0 Å². The zero-order chi connectivity index (χ0) is 18.2. The Hall–Kier alpha value is -1.54. The van der Waals surface area contributed by atoms with Gasteiger partial charge in [-0.25, -0.2) is 0 Å². The summed E-state index contributed by atoms with van der Waals surface area (Å²) in [6.07, 6.45) is 3.41. The van der Waals surface area contributed by atoms with E-state index in [0.29, 0.717) is 19.7 Å². The lowest BCUT2D eigenvalue weighted by molar-refractivity contribution is 0.0711. The Balaban J connectivity index is 1.45. The summed E-state index contributed by atoms with van der Waals surface area (Å²) in [7, 11) is 1.92. The molecule has 0 radical (unpaired) electrons. The molecule has 0 saturated carbocycles. The van der Waals surface area contributed by atoms with Crippen LogP contribution >= 0.6 is 11.8 Å². The molecule has 0 bridgehead atoms. The van der Waals surface area contributed by atoms with Crippen LogP contribution < -0.4 is 10.1 Å². The number of nitrogens with one attached hydrogen (secondary N) is 1. The predicted molar refractivity (Wildman–Crippen MR) is 105 cm³/mol. The first-order valence-electron chi connectivity index (χ1n) is 9.08. The first kappa shape index (κ1) is 19.2. The molecule has 2 heterocycles. The molecule has 0 aliphatic carbocycles. The van der Waals surface area contributed by atoms with Crippen LogP contribution in [0, 0.1) is 0 Å². The van der Waals surface area contributed by atoms with Gasteiger partial charge >= 0.3 is 0 Å². The summed E-state index contributed by atoms with van der Waals surface area (Å²) < 4.78 is 7.71. The average molecular weight is 377 g/mol. The number of hydrogen-bond donors (Lipinski definition) is 2. The minimum absolute atomic E-state index is 0.323. The van der Waals surface area contributed by atoms with E-state index in [9.17, 15) is 5.11 Å². The van der Waals surface area contributed by atoms with Crippen LogP contribution in [0.3, 0.4) is 0 Å². The molecule has 3 rings (SSSR count). The van der Waals surface area contributed by atoms with Gasteiger partial charge in [0.25, 0.3) is 0 Å². The second-order valence-electron chi connectivity index (χ2n) is 6.61. The van der Waals surface area contributed by atoms with E-state index in [1.165, 1.54) is 0 Å². The molecule has 1 atom stereocenters. The van der Waals surface area contributed by atoms with Crippen molar-refractivity contribution in [3.05, 3.63) is 47.8 Å². The molecule has 0 amide bonds. The number of para-hydroxylation sites is 1. The SMILES string of the molecule is Cn1cc(CNCc2ccccc2OC[C@@H](O)CN2CCSCC2)cn1. The van der Waals surface area contributed by atoms with Crippen molar-refractivity contribution in [2.45, 2.75) is 19.2 Å². The molecular formula is C19H28N4O2S. The monoisotopic (exact) mass is 376 g/mol. The lowest BCUT2D eigenvalue weighted by atomic mass is 10.2. The van der Waals surface area contributed by atoms with Gasteiger partial charge in [-0.15, -0.1) is 0 Å². The molecule has 0 unspecified atom stereocenters. The third kappa shape index (κ3) is 6.02. The van der Waals surface area contributed by atoms with Crippen LogP contribution in [0.4, 0.5) is 0 Å². The second-order valence-corrected chi connectivity index (χ2v) is 7.84. The summed E-state index contributed by atoms with van der Waals surface area (Å²) in [4.78, 5) is 2.31. The van der Waals surface area contributed by atoms with E-state index in [-0.39, 0.29) is 0 Å². The molecular weight excluding hydrogens is 348 g/mol. The Morgan fingerprint density at radius 3 is 2.85 bits per heavy atom. The standard InChI is InChI=1S/C19H28N4O2S/c1-22-13-16(11-21-22)10-20-12-17-4-2-3-5-19(17)25-15-18(24)14-23-6-8-26-9-7-23/h2-5,11,13,18,20,24H,6-10,12,14-15H2,1H3/t18-/m0/s1. The Morgan fingerprint density at radius 2 is 2.08 bits per heavy atom. The van der Waals surface area contributed by atoms with Gasteiger partial charge in [0.15, 0.2) is 0 Å². The van der Waals surface area contributed by atoms with E-state index < -0.39 is 6.10 Å². The van der Waals surface area contributed by atoms with Gasteiger partial charge in [0.2, 0.25) is 0 Å². The van der Waals surface area contributed by atoms with Crippen molar-refractivity contribution in [2.24, 2.45) is 7.05 Å². The predicted octanol–water partition coefficient (Wildman–Crippen LogP) is 1.50. The Labute approximate surface area is 159 Å². The summed E-state index contributed by atoms with van der Waals surface area (Å²) in [5.74, 6) is 3.14. The molecule has 2 N–H and O–H groups in total. The lowest BCUT2D eigenvalue weighted by Crippen LogP contribution is -2.40. The number of aliphatic hydroxyl groups excluding tert-OH is 1. The molecule has 1 saturated heterocycles. The van der Waals surface area contributed by atoms with Crippen molar-refractivity contribution < 1.29 is 9.84 Å². The first-order valence-corrected chi connectivity index (χ1v) is 10.2. The maximum Gasteiger partial charge on any atom is 0.123 e. The molecule has 142 valence electrons. The van der Waals surface area contributed by atoms with Gasteiger partial charge in [0.05, 0.1) is 6.20 Å². The van der Waals surface area contributed by atoms with Gasteiger partial charge in [-0.1, -0.05) is 18.2 Å². The van der Waals surface area contributed by atoms with Crippen molar-refractivity contribution in [1.29, 1.82) is 0 Å². The molecule has 1 aliphatic heterocycles. The van der Waals surface area contributed by atoms with Crippen molar-refractivity contribution in [1.82, 2.24) is 20.0 Å². The molecule has 6 nitrogen and oxygen atoms in total. The second kappa shape index (κ2) is 9.97. The van der Waals surface area contributed by atoms with Crippen LogP contribution in [0.15, 0.2) is 36.7 Å². The molecule has 0 spiro atoms. The molecule has 1 aliphatic rings. The van der Waals surface area contributed by atoms with Crippen molar-refractivity contribution in [2.75, 3.05) is 37.7 Å². The van der Waals surface area contributed by atoms with Crippen LogP contribution in [0.2, 0.25) is 0 Å². The Kier molecular flexibility index (Phi) is 7.37. The quantitative estimate of drug-likeness (QED) is 0.692. The number of aryl methyl sites for hydroxylation is 1. The number of thioether (sulfide) groups is 1. The number of benzene rings is 1. The highest BCUT2D eigenvalue weighted by Gasteiger charge is 2.15. The summed E-state index contributed by atoms with van der Waals surface area (Å²) in [5, 5.41) is 17.9. The normalized spacial score (nSPS) is 16.5. The first-order chi connectivity index (χ1) is 12.7. The van der Waals surface area contributed by atoms with Gasteiger partial charge in [-0.2, -0.15) is 16.9 Å². The van der Waals surface area contributed by atoms with Crippen LogP contribution in [0.1, 0.15) is 11.1 Å². The fourth-order valence-electron chi connectivity index (χ4n) is 3.02. The highest BCUT2D eigenvalue weighted by Crippen LogP contribution is 2.18. The number of rotatable bonds is 9. The molecule has 1 fully saturated rings. The van der Waals surface area contributed by atoms with Crippen LogP contribution in [-0.4, -0.2) is 63.6 Å². The Bertz CT molecular complexity index is 673. The van der Waals surface area contributed by atoms with Crippen molar-refractivity contribution >= 4 is 11.8 Å². The minimum atomic E-state index is -0.463. The molecule has 26 heavy (non-hydrogen) atoms. The molecule has 1 aromatic heterocycles. The average Bonchev–Trinajstić information content (AvgIpc) is 3.07. The van der Waals surface area contributed by atoms with Crippen LogP contribution in [0.25, 0.3) is 0 Å². The summed E-state index contributed by atoms with van der Waals surface area (Å²) >= 11 is 1.98. The van der Waals surface area contributed by atoms with E-state index in [1.54, 1.807) is 4.68 Å². The topological polar surface area (TPSA) is 62.6 Å². The molecule has 2 aromatic rings. The lowest BCUT2D eigenvalue weighted by Gasteiger charge is -2.28. The fourth-order valence-corrected chi connectivity index (χ4v) is 3.99. The van der Waals surface area contributed by atoms with Gasteiger partial charge in [0.1, 0.15) is 18.5 Å². The third-order valence-corrected chi connectivity index (χ3v) is 5.32. The number of ether oxygens (including phenoxy) is 1. The number of hydrogen-bond acceptors (Lipinski definition) is 6. The summed E-state index contributed by atoms with van der Waals surface area (Å²) in [6.45, 7) is 4.58. The number of aromatic nitrogens is 2. The Morgan fingerprint density at radius 1 is 1.27 bits per heavy atom.